The summed E-state index contributed by atoms with van der Waals surface area (Å²) in [7, 11) is 1.63. The second kappa shape index (κ2) is 5.54. The third kappa shape index (κ3) is 3.60. The lowest BCUT2D eigenvalue weighted by Crippen LogP contribution is -2.48. The van der Waals surface area contributed by atoms with Gasteiger partial charge in [-0.25, -0.2) is 0 Å². The first-order valence-electron chi connectivity index (χ1n) is 4.88. The Labute approximate surface area is 79.9 Å². The zero-order valence-electron chi connectivity index (χ0n) is 8.49. The summed E-state index contributed by atoms with van der Waals surface area (Å²) in [4.78, 5) is 2.26. The number of hydrogen-bond donors (Lipinski definition) is 2. The van der Waals surface area contributed by atoms with Gasteiger partial charge in [0.25, 0.3) is 0 Å². The summed E-state index contributed by atoms with van der Waals surface area (Å²) in [5.74, 6) is 0. The van der Waals surface area contributed by atoms with E-state index in [2.05, 4.69) is 10.2 Å². The van der Waals surface area contributed by atoms with Crippen LogP contribution < -0.4 is 5.32 Å². The van der Waals surface area contributed by atoms with Crippen LogP contribution in [0.5, 0.6) is 0 Å². The number of aliphatic hydroxyl groups excluding tert-OH is 1. The lowest BCUT2D eigenvalue weighted by molar-refractivity contribution is -0.0190. The molecule has 0 radical (unpaired) electrons. The number of β-amino-alcohol motifs (C(OH)–C–C–N with tert-alkyl or cyclic N) is 1. The van der Waals surface area contributed by atoms with Crippen LogP contribution in [0.4, 0.5) is 0 Å². The quantitative estimate of drug-likeness (QED) is 0.611. The van der Waals surface area contributed by atoms with Gasteiger partial charge in [0.1, 0.15) is 0 Å². The van der Waals surface area contributed by atoms with E-state index >= 15 is 0 Å². The SMILES string of the molecule is COC(C)C(O)CN1CCNCC1. The van der Waals surface area contributed by atoms with Crippen LogP contribution in [0, 0.1) is 0 Å². The maximum atomic E-state index is 9.68. The molecule has 2 atom stereocenters. The van der Waals surface area contributed by atoms with Gasteiger partial charge >= 0.3 is 0 Å². The van der Waals surface area contributed by atoms with E-state index in [1.165, 1.54) is 0 Å². The van der Waals surface area contributed by atoms with Gasteiger partial charge < -0.3 is 15.2 Å². The van der Waals surface area contributed by atoms with Crippen LogP contribution in [-0.2, 0) is 4.74 Å². The Morgan fingerprint density at radius 3 is 2.62 bits per heavy atom. The van der Waals surface area contributed by atoms with E-state index in [1.807, 2.05) is 6.92 Å². The molecule has 13 heavy (non-hydrogen) atoms. The Morgan fingerprint density at radius 2 is 2.08 bits per heavy atom. The molecule has 2 N–H and O–H groups in total. The molecule has 1 saturated heterocycles. The molecule has 1 rings (SSSR count). The number of nitrogens with zero attached hydrogens (tertiary/aromatic N) is 1. The van der Waals surface area contributed by atoms with Crippen LogP contribution in [-0.4, -0.2) is 62.0 Å². The Balaban J connectivity index is 2.21. The van der Waals surface area contributed by atoms with Crippen molar-refractivity contribution >= 4 is 0 Å². The van der Waals surface area contributed by atoms with E-state index in [0.29, 0.717) is 0 Å². The highest BCUT2D eigenvalue weighted by Crippen LogP contribution is 2.01. The number of rotatable bonds is 4. The van der Waals surface area contributed by atoms with Gasteiger partial charge in [0.15, 0.2) is 0 Å². The van der Waals surface area contributed by atoms with Gasteiger partial charge in [-0.15, -0.1) is 0 Å². The molecule has 0 aromatic carbocycles. The van der Waals surface area contributed by atoms with Gasteiger partial charge in [-0.2, -0.15) is 0 Å². The average molecular weight is 188 g/mol. The highest BCUT2D eigenvalue weighted by atomic mass is 16.5. The number of hydrogen-bond acceptors (Lipinski definition) is 4. The minimum absolute atomic E-state index is 0.0742. The van der Waals surface area contributed by atoms with E-state index in [9.17, 15) is 5.11 Å². The van der Waals surface area contributed by atoms with Crippen molar-refractivity contribution < 1.29 is 9.84 Å². The van der Waals surface area contributed by atoms with Crippen molar-refractivity contribution in [2.75, 3.05) is 39.8 Å². The van der Waals surface area contributed by atoms with Crippen LogP contribution in [0.25, 0.3) is 0 Å². The average Bonchev–Trinajstić information content (AvgIpc) is 2.18. The monoisotopic (exact) mass is 188 g/mol. The smallest absolute Gasteiger partial charge is 0.0925 e. The molecule has 0 aliphatic carbocycles. The van der Waals surface area contributed by atoms with Gasteiger partial charge in [0.05, 0.1) is 12.2 Å². The number of aliphatic hydroxyl groups is 1. The Bertz CT molecular complexity index is 138. The summed E-state index contributed by atoms with van der Waals surface area (Å²) >= 11 is 0. The van der Waals surface area contributed by atoms with E-state index < -0.39 is 0 Å². The van der Waals surface area contributed by atoms with Crippen molar-refractivity contribution in [3.8, 4) is 0 Å². The van der Waals surface area contributed by atoms with Crippen LogP contribution in [0.3, 0.4) is 0 Å². The van der Waals surface area contributed by atoms with Gasteiger partial charge in [0, 0.05) is 39.8 Å². The van der Waals surface area contributed by atoms with Crippen LogP contribution in [0.2, 0.25) is 0 Å². The fraction of sp³-hybridized carbons (Fsp3) is 1.00. The largest absolute Gasteiger partial charge is 0.389 e. The molecule has 0 aromatic heterocycles. The van der Waals surface area contributed by atoms with Gasteiger partial charge in [-0.1, -0.05) is 0 Å². The normalized spacial score (nSPS) is 24.2. The Kier molecular flexibility index (Phi) is 4.66. The number of piperazine rings is 1. The van der Waals surface area contributed by atoms with Crippen molar-refractivity contribution in [2.45, 2.75) is 19.1 Å². The predicted molar refractivity (Wildman–Crippen MR) is 51.8 cm³/mol. The molecular weight excluding hydrogens is 168 g/mol. The first-order chi connectivity index (χ1) is 6.24. The van der Waals surface area contributed by atoms with Crippen molar-refractivity contribution in [2.24, 2.45) is 0 Å². The molecular formula is C9H20N2O2. The Hall–Kier alpha value is -0.160. The van der Waals surface area contributed by atoms with Gasteiger partial charge in [0.2, 0.25) is 0 Å². The molecule has 0 spiro atoms. The maximum Gasteiger partial charge on any atom is 0.0925 e. The van der Waals surface area contributed by atoms with E-state index in [4.69, 9.17) is 4.74 Å². The summed E-state index contributed by atoms with van der Waals surface area (Å²) in [6.45, 7) is 6.70. The molecule has 0 bridgehead atoms. The molecule has 2 unspecified atom stereocenters. The lowest BCUT2D eigenvalue weighted by Gasteiger charge is -2.30. The number of nitrogens with one attached hydrogen (secondary N) is 1. The van der Waals surface area contributed by atoms with Crippen LogP contribution in [0.15, 0.2) is 0 Å². The molecule has 1 aliphatic rings. The molecule has 1 aliphatic heterocycles. The molecule has 0 aromatic rings. The first kappa shape index (κ1) is 10.9. The van der Waals surface area contributed by atoms with Crippen molar-refractivity contribution in [3.05, 3.63) is 0 Å². The summed E-state index contributed by atoms with van der Waals surface area (Å²) in [5.41, 5.74) is 0. The highest BCUT2D eigenvalue weighted by Gasteiger charge is 2.18. The molecule has 0 amide bonds. The Morgan fingerprint density at radius 1 is 1.46 bits per heavy atom. The standard InChI is InChI=1S/C9H20N2O2/c1-8(13-2)9(12)7-11-5-3-10-4-6-11/h8-10,12H,3-7H2,1-2H3. The minimum Gasteiger partial charge on any atom is -0.389 e. The maximum absolute atomic E-state index is 9.68. The number of methoxy groups -OCH3 is 1. The third-order valence-electron chi connectivity index (χ3n) is 2.57. The zero-order valence-corrected chi connectivity index (χ0v) is 8.49. The highest BCUT2D eigenvalue weighted by molar-refractivity contribution is 4.73. The lowest BCUT2D eigenvalue weighted by atomic mass is 10.2. The van der Waals surface area contributed by atoms with Crippen molar-refractivity contribution in [1.82, 2.24) is 10.2 Å². The number of ether oxygens (including phenoxy) is 1. The van der Waals surface area contributed by atoms with Gasteiger partial charge in [-0.05, 0) is 6.92 Å². The van der Waals surface area contributed by atoms with E-state index in [0.717, 1.165) is 32.7 Å². The summed E-state index contributed by atoms with van der Waals surface area (Å²) in [5, 5.41) is 13.0. The third-order valence-corrected chi connectivity index (χ3v) is 2.57. The van der Waals surface area contributed by atoms with E-state index in [-0.39, 0.29) is 12.2 Å². The molecule has 78 valence electrons. The molecule has 0 saturated carbocycles. The molecule has 1 fully saturated rings. The second-order valence-corrected chi connectivity index (χ2v) is 3.56. The fourth-order valence-electron chi connectivity index (χ4n) is 1.46. The predicted octanol–water partition coefficient (Wildman–Crippen LogP) is -0.713. The molecule has 1 heterocycles. The summed E-state index contributed by atoms with van der Waals surface area (Å²) < 4.78 is 5.06. The van der Waals surface area contributed by atoms with Crippen molar-refractivity contribution in [1.29, 1.82) is 0 Å². The fourth-order valence-corrected chi connectivity index (χ4v) is 1.46. The minimum atomic E-state index is -0.372. The molecule has 4 heteroatoms. The zero-order chi connectivity index (χ0) is 9.68. The first-order valence-corrected chi connectivity index (χ1v) is 4.88. The van der Waals surface area contributed by atoms with Crippen LogP contribution in [0.1, 0.15) is 6.92 Å². The van der Waals surface area contributed by atoms with E-state index in [1.54, 1.807) is 7.11 Å². The summed E-state index contributed by atoms with van der Waals surface area (Å²) in [6, 6.07) is 0. The second-order valence-electron chi connectivity index (χ2n) is 3.56. The van der Waals surface area contributed by atoms with Gasteiger partial charge in [-0.3, -0.25) is 4.90 Å². The van der Waals surface area contributed by atoms with Crippen molar-refractivity contribution in [3.63, 3.8) is 0 Å². The molecule has 4 nitrogen and oxygen atoms in total. The summed E-state index contributed by atoms with van der Waals surface area (Å²) in [6.07, 6.45) is -0.446. The topological polar surface area (TPSA) is 44.7 Å². The van der Waals surface area contributed by atoms with Crippen LogP contribution >= 0.6 is 0 Å².